The number of hydrogen-bond acceptors (Lipinski definition) is 1. The van der Waals surface area contributed by atoms with Gasteiger partial charge in [-0.25, -0.2) is 0 Å². The summed E-state index contributed by atoms with van der Waals surface area (Å²) < 4.78 is 0. The Morgan fingerprint density at radius 1 is 1.50 bits per heavy atom. The van der Waals surface area contributed by atoms with Crippen LogP contribution in [-0.4, -0.2) is 6.79 Å². The molecule has 0 aliphatic heterocycles. The summed E-state index contributed by atoms with van der Waals surface area (Å²) in [5.41, 5.74) is 0. The first kappa shape index (κ1) is 19.9. The average Bonchev–Trinajstić information content (AvgIpc) is 1.00. The van der Waals surface area contributed by atoms with Gasteiger partial charge in [0, 0.05) is 0 Å². The normalized spacial score (nSPS) is 1.00. The zero-order chi connectivity index (χ0) is 2.00. The third-order valence-corrected chi connectivity index (χ3v) is 0. The van der Waals surface area contributed by atoms with Crippen molar-refractivity contribution in [1.29, 1.82) is 0 Å². The predicted molar refractivity (Wildman–Crippen MR) is 18.6 cm³/mol. The maximum atomic E-state index is 8.00. The summed E-state index contributed by atoms with van der Waals surface area (Å²) >= 11 is 0. The molecule has 3 heteroatoms. The van der Waals surface area contributed by atoms with Crippen LogP contribution in [-0.2, 0) is 4.79 Å². The fraction of sp³-hybridized carbons (Fsp3) is 0. The van der Waals surface area contributed by atoms with Crippen molar-refractivity contribution in [3.8, 4) is 0 Å². The first-order valence-corrected chi connectivity index (χ1v) is 0.289. The zero-order valence-corrected chi connectivity index (χ0v) is 5.62. The quantitative estimate of drug-likeness (QED) is 0.289. The minimum Gasteiger partial charge on any atom is -1.00 e. The summed E-state index contributed by atoms with van der Waals surface area (Å²) in [7, 11) is 0. The van der Waals surface area contributed by atoms with E-state index in [0.717, 1.165) is 0 Å². The van der Waals surface area contributed by atoms with E-state index < -0.39 is 0 Å². The maximum Gasteiger partial charge on any atom is 1.00 e. The molecule has 0 rings (SSSR count). The molecule has 0 heterocycles. The molecular weight excluding hydrogens is 83.1 g/mol. The van der Waals surface area contributed by atoms with Crippen LogP contribution < -0.4 is 29.6 Å². The summed E-state index contributed by atoms with van der Waals surface area (Å²) in [5, 5.41) is 0. The largest absolute Gasteiger partial charge is 1.00 e. The summed E-state index contributed by atoms with van der Waals surface area (Å²) in [6.45, 7) is 2.00. The monoisotopic (exact) mass is 88.0 g/mol. The Morgan fingerprint density at radius 2 is 1.50 bits per heavy atom. The van der Waals surface area contributed by atoms with E-state index in [9.17, 15) is 0 Å². The van der Waals surface area contributed by atoms with Gasteiger partial charge < -0.3 is 6.22 Å². The summed E-state index contributed by atoms with van der Waals surface area (Å²) in [6.07, 6.45) is 0. The van der Waals surface area contributed by atoms with Crippen LogP contribution in [0.25, 0.3) is 0 Å². The van der Waals surface area contributed by atoms with Gasteiger partial charge in [0.15, 0.2) is 0 Å². The molecule has 0 aliphatic rings. The van der Waals surface area contributed by atoms with Gasteiger partial charge in [-0.2, -0.15) is 13.5 Å². The fourth-order valence-electron chi connectivity index (χ4n) is 0. The van der Waals surface area contributed by atoms with E-state index in [1.165, 1.54) is 0 Å². The van der Waals surface area contributed by atoms with E-state index >= 15 is 0 Å². The van der Waals surface area contributed by atoms with E-state index in [0.29, 0.717) is 0 Å². The third-order valence-electron chi connectivity index (χ3n) is 0. The molecule has 0 aliphatic carbocycles. The molecule has 1 nitrogen and oxygen atoms in total. The van der Waals surface area contributed by atoms with Gasteiger partial charge in [0.05, 0.1) is 0 Å². The molecule has 0 atom stereocenters. The van der Waals surface area contributed by atoms with Crippen molar-refractivity contribution in [3.63, 3.8) is 0 Å². The second kappa shape index (κ2) is 35.2. The molecule has 0 unspecified atom stereocenters. The number of rotatable bonds is 0. The predicted octanol–water partition coefficient (Wildman–Crippen LogP) is -2.96. The Hall–Kier alpha value is 1.02. The first-order chi connectivity index (χ1) is 1.00. The summed E-state index contributed by atoms with van der Waals surface area (Å²) in [4.78, 5) is 8.00. The van der Waals surface area contributed by atoms with Crippen molar-refractivity contribution < 1.29 is 35.8 Å². The molecule has 0 saturated carbocycles. The van der Waals surface area contributed by atoms with E-state index in [-0.39, 0.29) is 44.5 Å². The van der Waals surface area contributed by atoms with Gasteiger partial charge in [-0.1, -0.05) is 0 Å². The van der Waals surface area contributed by atoms with Crippen LogP contribution in [0.1, 0.15) is 1.43 Å². The van der Waals surface area contributed by atoms with E-state index in [4.69, 9.17) is 4.79 Å². The molecule has 0 N–H and O–H groups in total. The molecule has 0 radical (unpaired) electrons. The molecule has 0 aromatic rings. The van der Waals surface area contributed by atoms with Gasteiger partial charge in [0.2, 0.25) is 0 Å². The van der Waals surface area contributed by atoms with Crippen LogP contribution in [0.3, 0.4) is 0 Å². The van der Waals surface area contributed by atoms with Gasteiger partial charge in [0.25, 0.3) is 0 Å². The van der Waals surface area contributed by atoms with Crippen molar-refractivity contribution in [2.45, 2.75) is 0 Å². The molecule has 0 saturated heterocycles. The second-order valence-corrected chi connectivity index (χ2v) is 0. The molecule has 0 aromatic carbocycles. The minimum atomic E-state index is 0. The van der Waals surface area contributed by atoms with Crippen LogP contribution >= 0.6 is 13.5 Å². The van der Waals surface area contributed by atoms with Gasteiger partial charge in [-0.05, 0) is 0 Å². The number of carbonyl (C=O) groups excluding carboxylic acids is 1. The average molecular weight is 88.1 g/mol. The van der Waals surface area contributed by atoms with E-state index in [1.807, 2.05) is 6.79 Å². The minimum absolute atomic E-state index is 0. The molecule has 0 amide bonds. The Labute approximate surface area is 56.0 Å². The molecule has 22 valence electrons. The van der Waals surface area contributed by atoms with Gasteiger partial charge in [0.1, 0.15) is 6.79 Å². The van der Waals surface area contributed by atoms with Crippen molar-refractivity contribution in [2.24, 2.45) is 0 Å². The van der Waals surface area contributed by atoms with Crippen molar-refractivity contribution in [1.82, 2.24) is 0 Å². The van der Waals surface area contributed by atoms with E-state index in [2.05, 4.69) is 0 Å². The van der Waals surface area contributed by atoms with Crippen LogP contribution in [0.4, 0.5) is 0 Å². The Bertz CT molecular complexity index is 11.6. The summed E-state index contributed by atoms with van der Waals surface area (Å²) in [5.74, 6) is 0. The standard InChI is InChI=1S/CH2O.Na.H2S.H/c1-2;;;/h1H2;;1H2;/q;+1;;-1. The zero-order valence-electron chi connectivity index (χ0n) is 3.62. The maximum absolute atomic E-state index is 8.00. The molecular formula is CH5NaOS. The molecule has 0 fully saturated rings. The first-order valence-electron chi connectivity index (χ1n) is 0.289. The SMILES string of the molecule is C=O.S.[H-].[Na+]. The molecule has 0 spiro atoms. The van der Waals surface area contributed by atoms with Crippen LogP contribution in [0.15, 0.2) is 0 Å². The van der Waals surface area contributed by atoms with Crippen molar-refractivity contribution in [2.75, 3.05) is 0 Å². The molecule has 0 aromatic heterocycles. The molecule has 0 bridgehead atoms. The van der Waals surface area contributed by atoms with Crippen LogP contribution in [0, 0.1) is 0 Å². The number of carbonyl (C=O) groups is 1. The van der Waals surface area contributed by atoms with Crippen molar-refractivity contribution >= 4 is 20.3 Å². The Morgan fingerprint density at radius 3 is 1.50 bits per heavy atom. The Kier molecular flexibility index (Phi) is 175. The third kappa shape index (κ3) is 11.8. The van der Waals surface area contributed by atoms with Gasteiger partial charge in [-0.3, -0.25) is 0 Å². The van der Waals surface area contributed by atoms with Crippen LogP contribution in [0.5, 0.6) is 0 Å². The fourth-order valence-corrected chi connectivity index (χ4v) is 0. The van der Waals surface area contributed by atoms with Crippen molar-refractivity contribution in [3.05, 3.63) is 0 Å². The van der Waals surface area contributed by atoms with Crippen LogP contribution in [0.2, 0.25) is 0 Å². The number of hydrogen-bond donors (Lipinski definition) is 0. The topological polar surface area (TPSA) is 17.1 Å². The van der Waals surface area contributed by atoms with Gasteiger partial charge >= 0.3 is 29.6 Å². The summed E-state index contributed by atoms with van der Waals surface area (Å²) in [6, 6.07) is 0. The Balaban J connectivity index is -0.00000000167. The van der Waals surface area contributed by atoms with E-state index in [1.54, 1.807) is 0 Å². The van der Waals surface area contributed by atoms with Gasteiger partial charge in [-0.15, -0.1) is 0 Å². The second-order valence-electron chi connectivity index (χ2n) is 0. The molecule has 4 heavy (non-hydrogen) atoms. The smallest absolute Gasteiger partial charge is 1.00 e.